The van der Waals surface area contributed by atoms with Crippen molar-refractivity contribution in [3.8, 4) is 5.75 Å². The predicted molar refractivity (Wildman–Crippen MR) is 80.3 cm³/mol. The first-order chi connectivity index (χ1) is 10.5. The molecule has 6 nitrogen and oxygen atoms in total. The molecule has 0 aromatic heterocycles. The normalized spacial score (nSPS) is 18.1. The molecule has 1 amide bonds. The zero-order valence-corrected chi connectivity index (χ0v) is 13.0. The number of rotatable bonds is 5. The number of carbonyl (C=O) groups is 2. The first-order valence-electron chi connectivity index (χ1n) is 6.96. The van der Waals surface area contributed by atoms with Crippen LogP contribution in [-0.2, 0) is 20.7 Å². The lowest BCUT2D eigenvalue weighted by Crippen LogP contribution is -2.48. The van der Waals surface area contributed by atoms with E-state index in [1.165, 1.54) is 4.90 Å². The lowest BCUT2D eigenvalue weighted by Gasteiger charge is -2.31. The van der Waals surface area contributed by atoms with E-state index in [0.29, 0.717) is 30.2 Å². The van der Waals surface area contributed by atoms with E-state index in [1.54, 1.807) is 19.2 Å². The van der Waals surface area contributed by atoms with Crippen molar-refractivity contribution in [3.05, 3.63) is 28.8 Å². The summed E-state index contributed by atoms with van der Waals surface area (Å²) in [5, 5.41) is 9.44. The van der Waals surface area contributed by atoms with E-state index < -0.39 is 12.1 Å². The fourth-order valence-corrected chi connectivity index (χ4v) is 2.58. The Morgan fingerprint density at radius 1 is 1.50 bits per heavy atom. The monoisotopic (exact) mass is 327 g/mol. The summed E-state index contributed by atoms with van der Waals surface area (Å²) in [5.74, 6) is -0.532. The third kappa shape index (κ3) is 4.11. The zero-order valence-electron chi connectivity index (χ0n) is 12.3. The number of hydrogen-bond acceptors (Lipinski definition) is 4. The Morgan fingerprint density at radius 2 is 2.27 bits per heavy atom. The van der Waals surface area contributed by atoms with Gasteiger partial charge in [-0.1, -0.05) is 17.7 Å². The van der Waals surface area contributed by atoms with E-state index in [0.717, 1.165) is 5.56 Å². The summed E-state index contributed by atoms with van der Waals surface area (Å²) in [6.07, 6.45) is -0.0970. The van der Waals surface area contributed by atoms with Crippen molar-refractivity contribution in [1.29, 1.82) is 0 Å². The SMILES string of the molecule is COc1ccc(CCC(=O)N2CCOC(C(=O)O)C2)cc1Cl. The topological polar surface area (TPSA) is 76.1 Å². The molecule has 0 aliphatic carbocycles. The van der Waals surface area contributed by atoms with Crippen LogP contribution in [0.4, 0.5) is 0 Å². The molecule has 120 valence electrons. The molecule has 1 unspecified atom stereocenters. The van der Waals surface area contributed by atoms with E-state index in [2.05, 4.69) is 0 Å². The van der Waals surface area contributed by atoms with Crippen molar-refractivity contribution < 1.29 is 24.2 Å². The van der Waals surface area contributed by atoms with E-state index in [1.807, 2.05) is 6.07 Å². The molecule has 1 saturated heterocycles. The van der Waals surface area contributed by atoms with Gasteiger partial charge in [0.25, 0.3) is 0 Å². The van der Waals surface area contributed by atoms with Gasteiger partial charge in [0, 0.05) is 13.0 Å². The fraction of sp³-hybridized carbons (Fsp3) is 0.467. The van der Waals surface area contributed by atoms with Crippen LogP contribution in [0.3, 0.4) is 0 Å². The van der Waals surface area contributed by atoms with Crippen molar-refractivity contribution in [1.82, 2.24) is 4.90 Å². The van der Waals surface area contributed by atoms with Crippen LogP contribution < -0.4 is 4.74 Å². The van der Waals surface area contributed by atoms with E-state index in [-0.39, 0.29) is 19.1 Å². The third-order valence-electron chi connectivity index (χ3n) is 3.54. The molecule has 1 heterocycles. The number of benzene rings is 1. The molecule has 0 radical (unpaired) electrons. The van der Waals surface area contributed by atoms with E-state index in [4.69, 9.17) is 26.2 Å². The molecule has 1 N–H and O–H groups in total. The average molecular weight is 328 g/mol. The van der Waals surface area contributed by atoms with Gasteiger partial charge < -0.3 is 19.5 Å². The first kappa shape index (κ1) is 16.6. The van der Waals surface area contributed by atoms with Crippen LogP contribution in [0.5, 0.6) is 5.75 Å². The van der Waals surface area contributed by atoms with Crippen molar-refractivity contribution in [3.63, 3.8) is 0 Å². The highest BCUT2D eigenvalue weighted by atomic mass is 35.5. The summed E-state index contributed by atoms with van der Waals surface area (Å²) in [5.41, 5.74) is 0.933. The molecule has 1 aliphatic rings. The summed E-state index contributed by atoms with van der Waals surface area (Å²) in [6, 6.07) is 5.39. The van der Waals surface area contributed by atoms with Gasteiger partial charge in [0.15, 0.2) is 6.10 Å². The summed E-state index contributed by atoms with van der Waals surface area (Å²) in [6.45, 7) is 0.764. The molecular weight excluding hydrogens is 310 g/mol. The third-order valence-corrected chi connectivity index (χ3v) is 3.83. The standard InChI is InChI=1S/C15H18ClNO5/c1-21-12-4-2-10(8-11(12)16)3-5-14(18)17-6-7-22-13(9-17)15(19)20/h2,4,8,13H,3,5-7,9H2,1H3,(H,19,20). The minimum absolute atomic E-state index is 0.0820. The number of morpholine rings is 1. The minimum atomic E-state index is -1.04. The van der Waals surface area contributed by atoms with Crippen LogP contribution >= 0.6 is 11.6 Å². The van der Waals surface area contributed by atoms with Crippen LogP contribution in [0.25, 0.3) is 0 Å². The number of amides is 1. The van der Waals surface area contributed by atoms with Crippen molar-refractivity contribution in [2.24, 2.45) is 0 Å². The van der Waals surface area contributed by atoms with Crippen molar-refractivity contribution in [2.45, 2.75) is 18.9 Å². The molecule has 22 heavy (non-hydrogen) atoms. The second kappa shape index (κ2) is 7.47. The molecule has 1 fully saturated rings. The lowest BCUT2D eigenvalue weighted by molar-refractivity contribution is -0.159. The number of carboxylic acids is 1. The lowest BCUT2D eigenvalue weighted by atomic mass is 10.1. The number of aliphatic carboxylic acids is 1. The van der Waals surface area contributed by atoms with Crippen LogP contribution in [0.1, 0.15) is 12.0 Å². The summed E-state index contributed by atoms with van der Waals surface area (Å²) in [4.78, 5) is 24.6. The van der Waals surface area contributed by atoms with Gasteiger partial charge in [-0.3, -0.25) is 4.79 Å². The Labute approximate surface area is 133 Å². The molecule has 1 aromatic carbocycles. The van der Waals surface area contributed by atoms with Gasteiger partial charge in [0.1, 0.15) is 5.75 Å². The van der Waals surface area contributed by atoms with Gasteiger partial charge in [0.05, 0.1) is 25.3 Å². The maximum atomic E-state index is 12.2. The second-order valence-electron chi connectivity index (χ2n) is 5.01. The zero-order chi connectivity index (χ0) is 16.1. The van der Waals surface area contributed by atoms with Crippen LogP contribution in [0, 0.1) is 0 Å². The number of hydrogen-bond donors (Lipinski definition) is 1. The van der Waals surface area contributed by atoms with E-state index >= 15 is 0 Å². The quantitative estimate of drug-likeness (QED) is 0.889. The van der Waals surface area contributed by atoms with Gasteiger partial charge >= 0.3 is 5.97 Å². The van der Waals surface area contributed by atoms with E-state index in [9.17, 15) is 9.59 Å². The van der Waals surface area contributed by atoms with Gasteiger partial charge in [-0.25, -0.2) is 4.79 Å². The highest BCUT2D eigenvalue weighted by Gasteiger charge is 2.28. The number of carbonyl (C=O) groups excluding carboxylic acids is 1. The maximum absolute atomic E-state index is 12.2. The molecule has 1 atom stereocenters. The summed E-state index contributed by atoms with van der Waals surface area (Å²) >= 11 is 6.05. The molecule has 0 spiro atoms. The Balaban J connectivity index is 1.89. The Hall–Kier alpha value is -1.79. The molecule has 0 saturated carbocycles. The Morgan fingerprint density at radius 3 is 2.91 bits per heavy atom. The molecule has 7 heteroatoms. The molecule has 1 aromatic rings. The maximum Gasteiger partial charge on any atom is 0.334 e. The number of aryl methyl sites for hydroxylation is 1. The summed E-state index contributed by atoms with van der Waals surface area (Å²) < 4.78 is 10.2. The van der Waals surface area contributed by atoms with Gasteiger partial charge in [-0.15, -0.1) is 0 Å². The first-order valence-corrected chi connectivity index (χ1v) is 7.33. The van der Waals surface area contributed by atoms with Gasteiger partial charge in [0.2, 0.25) is 5.91 Å². The number of ether oxygens (including phenoxy) is 2. The Bertz CT molecular complexity index is 563. The molecule has 2 rings (SSSR count). The van der Waals surface area contributed by atoms with Gasteiger partial charge in [-0.05, 0) is 24.1 Å². The molecule has 1 aliphatic heterocycles. The molecular formula is C15H18ClNO5. The van der Waals surface area contributed by atoms with Crippen molar-refractivity contribution in [2.75, 3.05) is 26.8 Å². The van der Waals surface area contributed by atoms with Crippen LogP contribution in [0.2, 0.25) is 5.02 Å². The average Bonchev–Trinajstić information content (AvgIpc) is 2.52. The largest absolute Gasteiger partial charge is 0.495 e. The highest BCUT2D eigenvalue weighted by Crippen LogP contribution is 2.25. The smallest absolute Gasteiger partial charge is 0.334 e. The van der Waals surface area contributed by atoms with Crippen LogP contribution in [0.15, 0.2) is 18.2 Å². The Kier molecular flexibility index (Phi) is 5.63. The molecule has 0 bridgehead atoms. The predicted octanol–water partition coefficient (Wildman–Crippen LogP) is 1.59. The minimum Gasteiger partial charge on any atom is -0.495 e. The number of carboxylic acid groups (broad SMARTS) is 1. The van der Waals surface area contributed by atoms with Crippen molar-refractivity contribution >= 4 is 23.5 Å². The number of halogens is 1. The van der Waals surface area contributed by atoms with Gasteiger partial charge in [-0.2, -0.15) is 0 Å². The van der Waals surface area contributed by atoms with Crippen LogP contribution in [-0.4, -0.2) is 54.8 Å². The highest BCUT2D eigenvalue weighted by molar-refractivity contribution is 6.32. The second-order valence-corrected chi connectivity index (χ2v) is 5.41. The summed E-state index contributed by atoms with van der Waals surface area (Å²) in [7, 11) is 1.54. The number of nitrogens with zero attached hydrogens (tertiary/aromatic N) is 1. The fourth-order valence-electron chi connectivity index (χ4n) is 2.30. The number of methoxy groups -OCH3 is 1.